The predicted molar refractivity (Wildman–Crippen MR) is 67.2 cm³/mol. The van der Waals surface area contributed by atoms with Gasteiger partial charge in [-0.3, -0.25) is 4.79 Å². The van der Waals surface area contributed by atoms with Gasteiger partial charge in [-0.25, -0.2) is 0 Å². The summed E-state index contributed by atoms with van der Waals surface area (Å²) in [7, 11) is 0. The second kappa shape index (κ2) is 4.86. The standard InChI is InChI=1S/C11H10BrClN2O/c1-11(2,6-14)10(16)15-7-3-4-9(13)8(12)5-7/h3-5H,1-2H3,(H,15,16). The van der Waals surface area contributed by atoms with Crippen molar-refractivity contribution in [3.8, 4) is 6.07 Å². The fourth-order valence-corrected chi connectivity index (χ4v) is 1.41. The van der Waals surface area contributed by atoms with E-state index in [1.165, 1.54) is 0 Å². The van der Waals surface area contributed by atoms with Crippen LogP contribution in [0.2, 0.25) is 5.02 Å². The zero-order valence-corrected chi connectivity index (χ0v) is 11.2. The van der Waals surface area contributed by atoms with Crippen LogP contribution in [-0.4, -0.2) is 5.91 Å². The van der Waals surface area contributed by atoms with Gasteiger partial charge < -0.3 is 5.32 Å². The quantitative estimate of drug-likeness (QED) is 0.907. The van der Waals surface area contributed by atoms with Crippen LogP contribution in [0.4, 0.5) is 5.69 Å². The Bertz CT molecular complexity index is 466. The second-order valence-electron chi connectivity index (χ2n) is 3.82. The molecule has 0 atom stereocenters. The van der Waals surface area contributed by atoms with Gasteiger partial charge in [-0.1, -0.05) is 11.6 Å². The lowest BCUT2D eigenvalue weighted by Gasteiger charge is -2.15. The van der Waals surface area contributed by atoms with Gasteiger partial charge in [0.1, 0.15) is 5.41 Å². The van der Waals surface area contributed by atoms with Gasteiger partial charge in [-0.2, -0.15) is 5.26 Å². The van der Waals surface area contributed by atoms with E-state index in [0.29, 0.717) is 15.2 Å². The highest BCUT2D eigenvalue weighted by Gasteiger charge is 2.27. The van der Waals surface area contributed by atoms with Crippen LogP contribution >= 0.6 is 27.5 Å². The number of benzene rings is 1. The van der Waals surface area contributed by atoms with Crippen molar-refractivity contribution in [2.45, 2.75) is 13.8 Å². The van der Waals surface area contributed by atoms with Crippen molar-refractivity contribution in [2.75, 3.05) is 5.32 Å². The fraction of sp³-hybridized carbons (Fsp3) is 0.273. The number of rotatable bonds is 2. The number of hydrogen-bond acceptors (Lipinski definition) is 2. The van der Waals surface area contributed by atoms with Gasteiger partial charge in [-0.05, 0) is 48.0 Å². The molecule has 0 saturated heterocycles. The average Bonchev–Trinajstić information content (AvgIpc) is 2.23. The summed E-state index contributed by atoms with van der Waals surface area (Å²) in [5.41, 5.74) is -0.448. The number of amides is 1. The lowest BCUT2D eigenvalue weighted by Crippen LogP contribution is -2.29. The van der Waals surface area contributed by atoms with E-state index < -0.39 is 5.41 Å². The summed E-state index contributed by atoms with van der Waals surface area (Å²) in [6.07, 6.45) is 0. The molecule has 0 aliphatic rings. The van der Waals surface area contributed by atoms with Crippen LogP contribution in [0, 0.1) is 16.7 Å². The second-order valence-corrected chi connectivity index (χ2v) is 5.08. The molecule has 1 rings (SSSR count). The van der Waals surface area contributed by atoms with Gasteiger partial charge in [-0.15, -0.1) is 0 Å². The molecule has 0 radical (unpaired) electrons. The largest absolute Gasteiger partial charge is 0.325 e. The van der Waals surface area contributed by atoms with Crippen LogP contribution in [0.15, 0.2) is 22.7 Å². The number of nitriles is 1. The van der Waals surface area contributed by atoms with Crippen LogP contribution in [-0.2, 0) is 4.79 Å². The Morgan fingerprint density at radius 3 is 2.69 bits per heavy atom. The van der Waals surface area contributed by atoms with Crippen LogP contribution in [0.5, 0.6) is 0 Å². The number of hydrogen-bond donors (Lipinski definition) is 1. The monoisotopic (exact) mass is 300 g/mol. The number of carbonyl (C=O) groups excluding carboxylic acids is 1. The summed E-state index contributed by atoms with van der Waals surface area (Å²) in [6.45, 7) is 3.13. The van der Waals surface area contributed by atoms with Crippen molar-refractivity contribution < 1.29 is 4.79 Å². The summed E-state index contributed by atoms with van der Waals surface area (Å²) in [4.78, 5) is 11.7. The minimum atomic E-state index is -1.05. The predicted octanol–water partition coefficient (Wildman–Crippen LogP) is 3.59. The molecule has 3 nitrogen and oxygen atoms in total. The minimum absolute atomic E-state index is 0.343. The van der Waals surface area contributed by atoms with Crippen molar-refractivity contribution in [2.24, 2.45) is 5.41 Å². The highest BCUT2D eigenvalue weighted by atomic mass is 79.9. The van der Waals surface area contributed by atoms with Crippen LogP contribution in [0.1, 0.15) is 13.8 Å². The Kier molecular flexibility index (Phi) is 3.95. The summed E-state index contributed by atoms with van der Waals surface area (Å²) < 4.78 is 0.696. The first-order valence-corrected chi connectivity index (χ1v) is 5.71. The lowest BCUT2D eigenvalue weighted by atomic mass is 9.95. The van der Waals surface area contributed by atoms with Crippen molar-refractivity contribution in [1.82, 2.24) is 0 Å². The third kappa shape index (κ3) is 2.97. The highest BCUT2D eigenvalue weighted by molar-refractivity contribution is 9.10. The zero-order chi connectivity index (χ0) is 12.3. The Balaban J connectivity index is 2.87. The Morgan fingerprint density at radius 1 is 1.56 bits per heavy atom. The first kappa shape index (κ1) is 13.0. The van der Waals surface area contributed by atoms with Gasteiger partial charge in [0, 0.05) is 10.2 Å². The van der Waals surface area contributed by atoms with Gasteiger partial charge in [0.05, 0.1) is 11.1 Å². The van der Waals surface area contributed by atoms with E-state index in [0.717, 1.165) is 0 Å². The van der Waals surface area contributed by atoms with Crippen molar-refractivity contribution in [3.63, 3.8) is 0 Å². The van der Waals surface area contributed by atoms with Crippen molar-refractivity contribution in [3.05, 3.63) is 27.7 Å². The summed E-state index contributed by atoms with van der Waals surface area (Å²) in [5, 5.41) is 12.0. The lowest BCUT2D eigenvalue weighted by molar-refractivity contribution is -0.121. The molecular weight excluding hydrogens is 291 g/mol. The SMILES string of the molecule is CC(C)(C#N)C(=O)Nc1ccc(Cl)c(Br)c1. The maximum absolute atomic E-state index is 11.7. The van der Waals surface area contributed by atoms with Gasteiger partial charge in [0.2, 0.25) is 5.91 Å². The number of nitrogens with one attached hydrogen (secondary N) is 1. The highest BCUT2D eigenvalue weighted by Crippen LogP contribution is 2.26. The maximum Gasteiger partial charge on any atom is 0.244 e. The average molecular weight is 302 g/mol. The van der Waals surface area contributed by atoms with Gasteiger partial charge >= 0.3 is 0 Å². The summed E-state index contributed by atoms with van der Waals surface area (Å²) in [6, 6.07) is 6.97. The molecule has 0 bridgehead atoms. The number of carbonyl (C=O) groups is 1. The molecule has 0 unspecified atom stereocenters. The molecule has 0 saturated carbocycles. The van der Waals surface area contributed by atoms with E-state index in [1.807, 2.05) is 6.07 Å². The first-order valence-electron chi connectivity index (χ1n) is 4.54. The van der Waals surface area contributed by atoms with E-state index in [1.54, 1.807) is 32.0 Å². The van der Waals surface area contributed by atoms with Gasteiger partial charge in [0.15, 0.2) is 0 Å². The normalized spacial score (nSPS) is 10.7. The molecule has 1 N–H and O–H groups in total. The first-order chi connectivity index (χ1) is 7.36. The van der Waals surface area contributed by atoms with E-state index >= 15 is 0 Å². The summed E-state index contributed by atoms with van der Waals surface area (Å²) in [5.74, 6) is -0.343. The van der Waals surface area contributed by atoms with E-state index in [2.05, 4.69) is 21.2 Å². The summed E-state index contributed by atoms with van der Waals surface area (Å²) >= 11 is 9.08. The molecule has 0 spiro atoms. The molecule has 5 heteroatoms. The van der Waals surface area contributed by atoms with Crippen LogP contribution in [0.25, 0.3) is 0 Å². The topological polar surface area (TPSA) is 52.9 Å². The Labute approximate surface area is 108 Å². The van der Waals surface area contributed by atoms with E-state index in [-0.39, 0.29) is 5.91 Å². The molecule has 0 aliphatic heterocycles. The Morgan fingerprint density at radius 2 is 2.19 bits per heavy atom. The Hall–Kier alpha value is -1.05. The van der Waals surface area contributed by atoms with E-state index in [9.17, 15) is 4.79 Å². The van der Waals surface area contributed by atoms with Crippen molar-refractivity contribution in [1.29, 1.82) is 5.26 Å². The third-order valence-electron chi connectivity index (χ3n) is 2.02. The van der Waals surface area contributed by atoms with Gasteiger partial charge in [0.25, 0.3) is 0 Å². The number of anilines is 1. The number of halogens is 2. The molecule has 84 valence electrons. The van der Waals surface area contributed by atoms with Crippen molar-refractivity contribution >= 4 is 39.1 Å². The maximum atomic E-state index is 11.7. The molecule has 0 aromatic heterocycles. The minimum Gasteiger partial charge on any atom is -0.325 e. The number of nitrogens with zero attached hydrogens (tertiary/aromatic N) is 1. The molecular formula is C11H10BrClN2O. The molecule has 0 heterocycles. The molecule has 0 fully saturated rings. The van der Waals surface area contributed by atoms with Crippen LogP contribution < -0.4 is 5.32 Å². The van der Waals surface area contributed by atoms with E-state index in [4.69, 9.17) is 16.9 Å². The smallest absolute Gasteiger partial charge is 0.244 e. The third-order valence-corrected chi connectivity index (χ3v) is 3.24. The molecule has 1 amide bonds. The molecule has 0 aliphatic carbocycles. The molecule has 16 heavy (non-hydrogen) atoms. The molecule has 1 aromatic carbocycles. The molecule has 1 aromatic rings. The van der Waals surface area contributed by atoms with Crippen LogP contribution in [0.3, 0.4) is 0 Å². The fourth-order valence-electron chi connectivity index (χ4n) is 0.912. The zero-order valence-electron chi connectivity index (χ0n) is 8.84.